The van der Waals surface area contributed by atoms with Crippen LogP contribution in [0.5, 0.6) is 0 Å². The van der Waals surface area contributed by atoms with Gasteiger partial charge in [0.15, 0.2) is 0 Å². The van der Waals surface area contributed by atoms with Gasteiger partial charge in [0.1, 0.15) is 0 Å². The molecule has 2 N–H and O–H groups in total. The lowest BCUT2D eigenvalue weighted by Gasteiger charge is -2.06. The maximum atomic E-state index is 11.9. The van der Waals surface area contributed by atoms with Crippen LogP contribution in [0, 0.1) is 10.1 Å². The number of aromatic carboxylic acids is 1. The number of nitrogens with zero attached hydrogens (tertiary/aromatic N) is 1. The van der Waals surface area contributed by atoms with E-state index >= 15 is 0 Å². The van der Waals surface area contributed by atoms with Crippen molar-refractivity contribution in [3.05, 3.63) is 74.8 Å². The Morgan fingerprint density at radius 3 is 2.58 bits per heavy atom. The maximum absolute atomic E-state index is 11.9. The summed E-state index contributed by atoms with van der Waals surface area (Å²) in [5.41, 5.74) is 0.0329. The second-order valence-electron chi connectivity index (χ2n) is 4.63. The highest BCUT2D eigenvalue weighted by Gasteiger charge is 2.13. The Balaban J connectivity index is 2.21. The summed E-state index contributed by atoms with van der Waals surface area (Å²) in [6, 6.07) is 9.95. The standard InChI is InChI=1S/C16H11ClN2O5/c17-11-6-7-13(12(9-11)16(21)22)18-15(20)8-5-10-3-1-2-4-14(10)19(23)24/h1-9H,(H,18,20)(H,21,22). The monoisotopic (exact) mass is 346 g/mol. The van der Waals surface area contributed by atoms with Gasteiger partial charge in [0.2, 0.25) is 5.91 Å². The Bertz CT molecular complexity index is 848. The molecule has 2 rings (SSSR count). The smallest absolute Gasteiger partial charge is 0.337 e. The first kappa shape index (κ1) is 17.2. The number of para-hydroxylation sites is 1. The minimum atomic E-state index is -1.24. The molecule has 0 heterocycles. The normalized spacial score (nSPS) is 10.5. The summed E-state index contributed by atoms with van der Waals surface area (Å²) in [5, 5.41) is 22.6. The SMILES string of the molecule is O=C(C=Cc1ccccc1[N+](=O)[O-])Nc1ccc(Cl)cc1C(=O)O. The molecule has 0 aliphatic heterocycles. The van der Waals surface area contributed by atoms with Crippen LogP contribution in [0.1, 0.15) is 15.9 Å². The van der Waals surface area contributed by atoms with E-state index in [1.807, 2.05) is 0 Å². The van der Waals surface area contributed by atoms with Gasteiger partial charge in [0, 0.05) is 17.2 Å². The van der Waals surface area contributed by atoms with Gasteiger partial charge in [-0.3, -0.25) is 14.9 Å². The Morgan fingerprint density at radius 2 is 1.92 bits per heavy atom. The fourth-order valence-electron chi connectivity index (χ4n) is 1.94. The van der Waals surface area contributed by atoms with Crippen molar-refractivity contribution < 1.29 is 19.6 Å². The first-order valence-electron chi connectivity index (χ1n) is 6.64. The van der Waals surface area contributed by atoms with Crippen molar-refractivity contribution in [1.82, 2.24) is 0 Å². The number of hydrogen-bond acceptors (Lipinski definition) is 4. The Labute approximate surface area is 141 Å². The highest BCUT2D eigenvalue weighted by molar-refractivity contribution is 6.31. The van der Waals surface area contributed by atoms with Crippen molar-refractivity contribution in [3.63, 3.8) is 0 Å². The van der Waals surface area contributed by atoms with E-state index in [0.29, 0.717) is 0 Å². The van der Waals surface area contributed by atoms with Crippen LogP contribution in [0.3, 0.4) is 0 Å². The third-order valence-electron chi connectivity index (χ3n) is 3.02. The molecular formula is C16H11ClN2O5. The highest BCUT2D eigenvalue weighted by atomic mass is 35.5. The van der Waals surface area contributed by atoms with Crippen LogP contribution in [-0.2, 0) is 4.79 Å². The van der Waals surface area contributed by atoms with Crippen molar-refractivity contribution in [2.24, 2.45) is 0 Å². The summed E-state index contributed by atoms with van der Waals surface area (Å²) >= 11 is 5.73. The molecule has 0 aromatic heterocycles. The van der Waals surface area contributed by atoms with Crippen LogP contribution < -0.4 is 5.32 Å². The number of amides is 1. The molecule has 2 aromatic rings. The van der Waals surface area contributed by atoms with Gasteiger partial charge < -0.3 is 10.4 Å². The maximum Gasteiger partial charge on any atom is 0.337 e. The molecule has 122 valence electrons. The zero-order valence-electron chi connectivity index (χ0n) is 12.1. The predicted octanol–water partition coefficient (Wildman–Crippen LogP) is 3.60. The predicted molar refractivity (Wildman–Crippen MR) is 89.2 cm³/mol. The van der Waals surface area contributed by atoms with Gasteiger partial charge in [0.05, 0.1) is 21.7 Å². The van der Waals surface area contributed by atoms with Gasteiger partial charge in [-0.25, -0.2) is 4.79 Å². The molecule has 0 unspecified atom stereocenters. The second kappa shape index (κ2) is 7.38. The molecule has 0 spiro atoms. The van der Waals surface area contributed by atoms with E-state index in [1.54, 1.807) is 6.07 Å². The van der Waals surface area contributed by atoms with Gasteiger partial charge in [-0.2, -0.15) is 0 Å². The molecule has 8 heteroatoms. The van der Waals surface area contributed by atoms with Gasteiger partial charge in [0.25, 0.3) is 5.69 Å². The molecule has 0 bridgehead atoms. The summed E-state index contributed by atoms with van der Waals surface area (Å²) in [4.78, 5) is 33.4. The number of nitro groups is 1. The Kier molecular flexibility index (Phi) is 5.28. The number of nitrogens with one attached hydrogen (secondary N) is 1. The van der Waals surface area contributed by atoms with Crippen molar-refractivity contribution in [3.8, 4) is 0 Å². The Hall–Kier alpha value is -3.19. The van der Waals surface area contributed by atoms with Crippen LogP contribution in [0.15, 0.2) is 48.5 Å². The molecule has 0 radical (unpaired) electrons. The van der Waals surface area contributed by atoms with E-state index in [-0.39, 0.29) is 27.5 Å². The van der Waals surface area contributed by atoms with Crippen LogP contribution in [0.25, 0.3) is 6.08 Å². The minimum absolute atomic E-state index is 0.0733. The zero-order chi connectivity index (χ0) is 17.7. The third-order valence-corrected chi connectivity index (χ3v) is 3.25. The lowest BCUT2D eigenvalue weighted by atomic mass is 10.1. The number of benzene rings is 2. The van der Waals surface area contributed by atoms with Gasteiger partial charge in [-0.15, -0.1) is 0 Å². The first-order valence-corrected chi connectivity index (χ1v) is 7.01. The van der Waals surface area contributed by atoms with Crippen LogP contribution >= 0.6 is 11.6 Å². The van der Waals surface area contributed by atoms with E-state index in [1.165, 1.54) is 42.5 Å². The largest absolute Gasteiger partial charge is 0.478 e. The number of carboxylic acids is 1. The van der Waals surface area contributed by atoms with Gasteiger partial charge in [-0.05, 0) is 30.3 Å². The zero-order valence-corrected chi connectivity index (χ0v) is 12.9. The number of anilines is 1. The van der Waals surface area contributed by atoms with E-state index in [2.05, 4.69) is 5.32 Å². The van der Waals surface area contributed by atoms with Gasteiger partial charge in [-0.1, -0.05) is 23.7 Å². The van der Waals surface area contributed by atoms with Crippen LogP contribution in [0.2, 0.25) is 5.02 Å². The quantitative estimate of drug-likeness (QED) is 0.488. The third kappa shape index (κ3) is 4.17. The fourth-order valence-corrected chi connectivity index (χ4v) is 2.11. The summed E-state index contributed by atoms with van der Waals surface area (Å²) in [5.74, 6) is -1.87. The van der Waals surface area contributed by atoms with Crippen molar-refractivity contribution >= 4 is 40.9 Å². The second-order valence-corrected chi connectivity index (χ2v) is 5.07. The molecule has 0 saturated carbocycles. The molecule has 1 amide bonds. The average Bonchev–Trinajstić information content (AvgIpc) is 2.54. The summed E-state index contributed by atoms with van der Waals surface area (Å²) in [6.45, 7) is 0. The van der Waals surface area contributed by atoms with Crippen molar-refractivity contribution in [2.75, 3.05) is 5.32 Å². The van der Waals surface area contributed by atoms with E-state index in [0.717, 1.165) is 6.08 Å². The summed E-state index contributed by atoms with van der Waals surface area (Å²) in [7, 11) is 0. The number of rotatable bonds is 5. The average molecular weight is 347 g/mol. The molecule has 7 nitrogen and oxygen atoms in total. The van der Waals surface area contributed by atoms with Crippen molar-refractivity contribution in [1.29, 1.82) is 0 Å². The molecule has 0 fully saturated rings. The number of hydrogen-bond donors (Lipinski definition) is 2. The summed E-state index contributed by atoms with van der Waals surface area (Å²) in [6.07, 6.45) is 2.37. The minimum Gasteiger partial charge on any atom is -0.478 e. The molecule has 2 aromatic carbocycles. The molecule has 0 aliphatic carbocycles. The number of carbonyl (C=O) groups excluding carboxylic acids is 1. The number of carboxylic acid groups (broad SMARTS) is 1. The number of carbonyl (C=O) groups is 2. The molecule has 0 saturated heterocycles. The van der Waals surface area contributed by atoms with E-state index < -0.39 is 16.8 Å². The van der Waals surface area contributed by atoms with Gasteiger partial charge >= 0.3 is 5.97 Å². The number of nitro benzene ring substituents is 1. The molecular weight excluding hydrogens is 336 g/mol. The lowest BCUT2D eigenvalue weighted by molar-refractivity contribution is -0.385. The highest BCUT2D eigenvalue weighted by Crippen LogP contribution is 2.22. The van der Waals surface area contributed by atoms with Crippen molar-refractivity contribution in [2.45, 2.75) is 0 Å². The molecule has 0 atom stereocenters. The first-order chi connectivity index (χ1) is 11.4. The van der Waals surface area contributed by atoms with E-state index in [4.69, 9.17) is 16.7 Å². The van der Waals surface area contributed by atoms with Crippen LogP contribution in [-0.4, -0.2) is 21.9 Å². The number of halogens is 1. The Morgan fingerprint density at radius 1 is 1.21 bits per heavy atom. The summed E-state index contributed by atoms with van der Waals surface area (Å²) < 4.78 is 0. The fraction of sp³-hybridized carbons (Fsp3) is 0. The molecule has 0 aliphatic rings. The lowest BCUT2D eigenvalue weighted by Crippen LogP contribution is -2.12. The van der Waals surface area contributed by atoms with Crippen LogP contribution in [0.4, 0.5) is 11.4 Å². The topological polar surface area (TPSA) is 110 Å². The molecule has 24 heavy (non-hydrogen) atoms. The van der Waals surface area contributed by atoms with E-state index in [9.17, 15) is 19.7 Å².